The molecule has 0 aliphatic rings. The Balaban J connectivity index is 1.97. The van der Waals surface area contributed by atoms with Gasteiger partial charge in [0.15, 0.2) is 0 Å². The smallest absolute Gasteiger partial charge is 0.404 e. The van der Waals surface area contributed by atoms with E-state index in [9.17, 15) is 9.59 Å². The highest BCUT2D eigenvalue weighted by molar-refractivity contribution is 7.20. The monoisotopic (exact) mass is 297 g/mol. The molecule has 0 bridgehead atoms. The molecule has 0 radical (unpaired) electrons. The third kappa shape index (κ3) is 3.52. The number of nitrogens with one attached hydrogen (secondary N) is 2. The van der Waals surface area contributed by atoms with E-state index in [4.69, 9.17) is 5.11 Å². The minimum atomic E-state index is -1.11. The van der Waals surface area contributed by atoms with Crippen LogP contribution in [0.5, 0.6) is 0 Å². The summed E-state index contributed by atoms with van der Waals surface area (Å²) in [4.78, 5) is 28.1. The van der Waals surface area contributed by atoms with E-state index < -0.39 is 6.09 Å². The van der Waals surface area contributed by atoms with Crippen LogP contribution in [0.4, 0.5) is 4.79 Å². The van der Waals surface area contributed by atoms with Gasteiger partial charge in [0.2, 0.25) is 0 Å². The molecule has 0 unspecified atom stereocenters. The molecular formula is C11H11N3O3S2. The molecule has 0 aliphatic carbocycles. The quantitative estimate of drug-likeness (QED) is 0.735. The maximum atomic E-state index is 11.9. The van der Waals surface area contributed by atoms with Crippen LogP contribution in [0.1, 0.15) is 10.5 Å². The Bertz CT molecular complexity index is 566. The number of thiazole rings is 1. The summed E-state index contributed by atoms with van der Waals surface area (Å²) in [6, 6.07) is 3.85. The number of hydrogen-bond donors (Lipinski definition) is 3. The summed E-state index contributed by atoms with van der Waals surface area (Å²) in [6.07, 6.45) is -1.11. The molecule has 8 heteroatoms. The minimum Gasteiger partial charge on any atom is -0.465 e. The molecular weight excluding hydrogens is 286 g/mol. The Labute approximate surface area is 117 Å². The first kappa shape index (κ1) is 13.5. The largest absolute Gasteiger partial charge is 0.465 e. The number of thiophene rings is 1. The lowest BCUT2D eigenvalue weighted by atomic mass is 10.3. The van der Waals surface area contributed by atoms with Gasteiger partial charge in [-0.1, -0.05) is 6.07 Å². The predicted molar refractivity (Wildman–Crippen MR) is 73.8 cm³/mol. The van der Waals surface area contributed by atoms with Gasteiger partial charge >= 0.3 is 6.09 Å². The summed E-state index contributed by atoms with van der Waals surface area (Å²) in [6.45, 7) is 0.395. The zero-order chi connectivity index (χ0) is 13.7. The van der Waals surface area contributed by atoms with Crippen molar-refractivity contribution in [2.45, 2.75) is 0 Å². The third-order valence-electron chi connectivity index (χ3n) is 2.21. The van der Waals surface area contributed by atoms with Crippen LogP contribution >= 0.6 is 22.7 Å². The number of rotatable bonds is 5. The van der Waals surface area contributed by atoms with Gasteiger partial charge in [-0.15, -0.1) is 22.7 Å². The maximum Gasteiger partial charge on any atom is 0.404 e. The van der Waals surface area contributed by atoms with E-state index in [0.717, 1.165) is 9.75 Å². The van der Waals surface area contributed by atoms with E-state index in [1.165, 1.54) is 11.3 Å². The predicted octanol–water partition coefficient (Wildman–Crippen LogP) is 1.87. The summed E-state index contributed by atoms with van der Waals surface area (Å²) >= 11 is 2.95. The van der Waals surface area contributed by atoms with Crippen LogP contribution in [-0.4, -0.2) is 35.2 Å². The lowest BCUT2D eigenvalue weighted by Crippen LogP contribution is -2.34. The van der Waals surface area contributed by atoms with Gasteiger partial charge in [-0.25, -0.2) is 9.78 Å². The number of carbonyl (C=O) groups excluding carboxylic acids is 1. The van der Waals surface area contributed by atoms with E-state index >= 15 is 0 Å². The van der Waals surface area contributed by atoms with Gasteiger partial charge in [-0.3, -0.25) is 4.79 Å². The van der Waals surface area contributed by atoms with Crippen molar-refractivity contribution in [2.24, 2.45) is 0 Å². The summed E-state index contributed by atoms with van der Waals surface area (Å²) < 4.78 is 0. The number of carbonyl (C=O) groups is 2. The standard InChI is InChI=1S/C11H11N3O3S2/c15-10(12-3-4-13-11(16)17)8-9(19-6-14-8)7-2-1-5-18-7/h1-2,5-6,13H,3-4H2,(H,12,15)(H,16,17). The number of hydrogen-bond acceptors (Lipinski definition) is 5. The number of aromatic nitrogens is 1. The van der Waals surface area contributed by atoms with Gasteiger partial charge in [0, 0.05) is 18.0 Å². The van der Waals surface area contributed by atoms with Crippen LogP contribution < -0.4 is 10.6 Å². The minimum absolute atomic E-state index is 0.166. The van der Waals surface area contributed by atoms with Gasteiger partial charge < -0.3 is 15.7 Å². The van der Waals surface area contributed by atoms with E-state index in [1.54, 1.807) is 16.8 Å². The molecule has 2 heterocycles. The van der Waals surface area contributed by atoms with Gasteiger partial charge in [-0.2, -0.15) is 0 Å². The second kappa shape index (κ2) is 6.30. The Hall–Kier alpha value is -1.93. The molecule has 0 spiro atoms. The molecule has 100 valence electrons. The fourth-order valence-corrected chi connectivity index (χ4v) is 3.08. The Morgan fingerprint density at radius 3 is 2.74 bits per heavy atom. The zero-order valence-electron chi connectivity index (χ0n) is 9.75. The number of amides is 2. The fraction of sp³-hybridized carbons (Fsp3) is 0.182. The number of nitrogens with zero attached hydrogens (tertiary/aromatic N) is 1. The summed E-state index contributed by atoms with van der Waals surface area (Å²) in [5, 5.41) is 15.1. The molecule has 3 N–H and O–H groups in total. The first-order valence-corrected chi connectivity index (χ1v) is 7.17. The van der Waals surface area contributed by atoms with Gasteiger partial charge in [0.25, 0.3) is 5.91 Å². The summed E-state index contributed by atoms with van der Waals surface area (Å²) in [7, 11) is 0. The van der Waals surface area contributed by atoms with Gasteiger partial charge in [0.05, 0.1) is 10.4 Å². The first-order valence-electron chi connectivity index (χ1n) is 5.41. The van der Waals surface area contributed by atoms with Crippen molar-refractivity contribution in [3.63, 3.8) is 0 Å². The molecule has 19 heavy (non-hydrogen) atoms. The molecule has 0 atom stereocenters. The van der Waals surface area contributed by atoms with Crippen LogP contribution in [0.15, 0.2) is 23.0 Å². The Kier molecular flexibility index (Phi) is 4.48. The van der Waals surface area contributed by atoms with Gasteiger partial charge in [-0.05, 0) is 11.4 Å². The molecule has 2 aromatic rings. The van der Waals surface area contributed by atoms with Crippen LogP contribution in [-0.2, 0) is 0 Å². The van der Waals surface area contributed by atoms with Crippen molar-refractivity contribution in [2.75, 3.05) is 13.1 Å². The van der Waals surface area contributed by atoms with Crippen LogP contribution in [0.2, 0.25) is 0 Å². The van der Waals surface area contributed by atoms with Crippen molar-refractivity contribution in [3.05, 3.63) is 28.7 Å². The summed E-state index contributed by atoms with van der Waals surface area (Å²) in [5.41, 5.74) is 2.00. The van der Waals surface area contributed by atoms with Crippen molar-refractivity contribution in [1.82, 2.24) is 15.6 Å². The summed E-state index contributed by atoms with van der Waals surface area (Å²) in [5.74, 6) is -0.295. The van der Waals surface area contributed by atoms with Crippen molar-refractivity contribution < 1.29 is 14.7 Å². The van der Waals surface area contributed by atoms with Crippen LogP contribution in [0.3, 0.4) is 0 Å². The first-order chi connectivity index (χ1) is 9.18. The molecule has 0 saturated heterocycles. The second-order valence-electron chi connectivity index (χ2n) is 3.50. The third-order valence-corrected chi connectivity index (χ3v) is 4.09. The van der Waals surface area contributed by atoms with E-state index in [2.05, 4.69) is 15.6 Å². The van der Waals surface area contributed by atoms with Crippen LogP contribution in [0, 0.1) is 0 Å². The average Bonchev–Trinajstić information content (AvgIpc) is 3.02. The molecule has 2 aromatic heterocycles. The molecule has 6 nitrogen and oxygen atoms in total. The van der Waals surface area contributed by atoms with Gasteiger partial charge in [0.1, 0.15) is 5.69 Å². The molecule has 0 saturated carbocycles. The van der Waals surface area contributed by atoms with Crippen molar-refractivity contribution in [1.29, 1.82) is 0 Å². The normalized spacial score (nSPS) is 10.1. The molecule has 2 rings (SSSR count). The highest BCUT2D eigenvalue weighted by Gasteiger charge is 2.16. The van der Waals surface area contributed by atoms with E-state index in [1.807, 2.05) is 17.5 Å². The average molecular weight is 297 g/mol. The lowest BCUT2D eigenvalue weighted by Gasteiger charge is -2.04. The molecule has 0 fully saturated rings. The lowest BCUT2D eigenvalue weighted by molar-refractivity contribution is 0.0949. The fourth-order valence-electron chi connectivity index (χ4n) is 1.42. The SMILES string of the molecule is O=C(O)NCCNC(=O)c1ncsc1-c1cccs1. The highest BCUT2D eigenvalue weighted by Crippen LogP contribution is 2.31. The molecule has 2 amide bonds. The maximum absolute atomic E-state index is 11.9. The van der Waals surface area contributed by atoms with E-state index in [0.29, 0.717) is 5.69 Å². The Morgan fingerprint density at radius 2 is 2.05 bits per heavy atom. The van der Waals surface area contributed by atoms with E-state index in [-0.39, 0.29) is 19.0 Å². The molecule has 0 aliphatic heterocycles. The second-order valence-corrected chi connectivity index (χ2v) is 5.30. The van der Waals surface area contributed by atoms with Crippen molar-refractivity contribution in [3.8, 4) is 9.75 Å². The zero-order valence-corrected chi connectivity index (χ0v) is 11.4. The highest BCUT2D eigenvalue weighted by atomic mass is 32.1. The van der Waals surface area contributed by atoms with Crippen LogP contribution in [0.25, 0.3) is 9.75 Å². The Morgan fingerprint density at radius 1 is 1.26 bits per heavy atom. The number of carboxylic acid groups (broad SMARTS) is 1. The topological polar surface area (TPSA) is 91.3 Å². The molecule has 0 aromatic carbocycles. The van der Waals surface area contributed by atoms with Crippen molar-refractivity contribution >= 4 is 34.7 Å².